The third kappa shape index (κ3) is 1.59. The van der Waals surface area contributed by atoms with E-state index in [2.05, 4.69) is 26.8 Å². The fourth-order valence-corrected chi connectivity index (χ4v) is 2.42. The Hall–Kier alpha value is -1.42. The Morgan fingerprint density at radius 3 is 3.31 bits per heavy atom. The quantitative estimate of drug-likeness (QED) is 0.824. The molecule has 3 rings (SSSR count). The van der Waals surface area contributed by atoms with E-state index in [-0.39, 0.29) is 0 Å². The van der Waals surface area contributed by atoms with Crippen molar-refractivity contribution in [1.82, 2.24) is 19.9 Å². The van der Waals surface area contributed by atoms with E-state index in [1.165, 1.54) is 6.42 Å². The highest BCUT2D eigenvalue weighted by atomic mass is 15.1. The lowest BCUT2D eigenvalue weighted by molar-refractivity contribution is 0.481. The van der Waals surface area contributed by atoms with Crippen LogP contribution in [0.5, 0.6) is 0 Å². The summed E-state index contributed by atoms with van der Waals surface area (Å²) < 4.78 is 2.24. The Balaban J connectivity index is 1.98. The van der Waals surface area contributed by atoms with E-state index in [0.29, 0.717) is 0 Å². The number of fused-ring (bicyclic) bond motifs is 1. The van der Waals surface area contributed by atoms with Crippen molar-refractivity contribution >= 4 is 11.2 Å². The molecule has 1 atom stereocenters. The summed E-state index contributed by atoms with van der Waals surface area (Å²) in [5.41, 5.74) is 2.03. The molecular formula is C12H16N4. The maximum Gasteiger partial charge on any atom is 0.159 e. The van der Waals surface area contributed by atoms with Crippen LogP contribution in [0.25, 0.3) is 11.2 Å². The van der Waals surface area contributed by atoms with Gasteiger partial charge >= 0.3 is 0 Å². The topological polar surface area (TPSA) is 42.7 Å². The summed E-state index contributed by atoms with van der Waals surface area (Å²) in [6.07, 6.45) is 3.10. The molecule has 1 N–H and O–H groups in total. The van der Waals surface area contributed by atoms with Gasteiger partial charge in [0.1, 0.15) is 11.3 Å². The first-order valence-corrected chi connectivity index (χ1v) is 5.83. The normalized spacial score (nSPS) is 20.7. The van der Waals surface area contributed by atoms with Gasteiger partial charge in [-0.1, -0.05) is 0 Å². The minimum absolute atomic E-state index is 0.720. The van der Waals surface area contributed by atoms with Crippen molar-refractivity contribution in [3.05, 3.63) is 24.2 Å². The van der Waals surface area contributed by atoms with Crippen LogP contribution in [-0.4, -0.2) is 27.6 Å². The smallest absolute Gasteiger partial charge is 0.159 e. The Morgan fingerprint density at radius 2 is 2.50 bits per heavy atom. The van der Waals surface area contributed by atoms with Crippen LogP contribution in [0.3, 0.4) is 0 Å². The predicted octanol–water partition coefficient (Wildman–Crippen LogP) is 1.35. The minimum Gasteiger partial charge on any atom is -0.316 e. The lowest BCUT2D eigenvalue weighted by atomic mass is 10.1. The highest BCUT2D eigenvalue weighted by Crippen LogP contribution is 2.17. The molecule has 0 spiro atoms. The zero-order valence-electron chi connectivity index (χ0n) is 9.48. The average Bonchev–Trinajstić information content (AvgIpc) is 2.89. The SMILES string of the molecule is Cc1nc2cccnc2n1CC1CCNC1. The van der Waals surface area contributed by atoms with Crippen molar-refractivity contribution in [1.29, 1.82) is 0 Å². The van der Waals surface area contributed by atoms with Crippen LogP contribution in [0.4, 0.5) is 0 Å². The summed E-state index contributed by atoms with van der Waals surface area (Å²) in [6.45, 7) is 5.35. The first-order chi connectivity index (χ1) is 7.84. The van der Waals surface area contributed by atoms with Crippen LogP contribution in [0, 0.1) is 12.8 Å². The number of pyridine rings is 1. The lowest BCUT2D eigenvalue weighted by Gasteiger charge is -2.11. The summed E-state index contributed by atoms with van der Waals surface area (Å²) in [7, 11) is 0. The molecule has 2 aromatic heterocycles. The molecule has 3 heterocycles. The molecule has 0 aromatic carbocycles. The number of nitrogens with one attached hydrogen (secondary N) is 1. The number of hydrogen-bond acceptors (Lipinski definition) is 3. The Labute approximate surface area is 94.7 Å². The van der Waals surface area contributed by atoms with Gasteiger partial charge in [-0.25, -0.2) is 9.97 Å². The fraction of sp³-hybridized carbons (Fsp3) is 0.500. The van der Waals surface area contributed by atoms with Crippen LogP contribution >= 0.6 is 0 Å². The van der Waals surface area contributed by atoms with Gasteiger partial charge in [0, 0.05) is 12.7 Å². The van der Waals surface area contributed by atoms with Crippen LogP contribution < -0.4 is 5.32 Å². The molecule has 4 heteroatoms. The maximum absolute atomic E-state index is 4.54. The van der Waals surface area contributed by atoms with Crippen molar-refractivity contribution in [3.63, 3.8) is 0 Å². The lowest BCUT2D eigenvalue weighted by Crippen LogP contribution is -2.15. The second-order valence-electron chi connectivity index (χ2n) is 4.47. The van der Waals surface area contributed by atoms with E-state index in [1.807, 2.05) is 18.3 Å². The van der Waals surface area contributed by atoms with E-state index in [0.717, 1.165) is 42.5 Å². The molecule has 84 valence electrons. The molecular weight excluding hydrogens is 200 g/mol. The fourth-order valence-electron chi connectivity index (χ4n) is 2.42. The first kappa shape index (κ1) is 9.78. The van der Waals surface area contributed by atoms with E-state index in [9.17, 15) is 0 Å². The zero-order chi connectivity index (χ0) is 11.0. The summed E-state index contributed by atoms with van der Waals surface area (Å²) in [4.78, 5) is 8.96. The molecule has 0 saturated carbocycles. The molecule has 1 aliphatic heterocycles. The molecule has 0 aliphatic carbocycles. The summed E-state index contributed by atoms with van der Waals surface area (Å²) in [5, 5.41) is 3.40. The number of aryl methyl sites for hydroxylation is 1. The summed E-state index contributed by atoms with van der Waals surface area (Å²) in [6, 6.07) is 3.97. The van der Waals surface area contributed by atoms with Gasteiger partial charge < -0.3 is 9.88 Å². The molecule has 1 aliphatic rings. The number of hydrogen-bond donors (Lipinski definition) is 1. The minimum atomic E-state index is 0.720. The second-order valence-corrected chi connectivity index (χ2v) is 4.47. The van der Waals surface area contributed by atoms with E-state index in [1.54, 1.807) is 0 Å². The van der Waals surface area contributed by atoms with Gasteiger partial charge in [0.25, 0.3) is 0 Å². The van der Waals surface area contributed by atoms with Crippen LogP contribution in [0.15, 0.2) is 18.3 Å². The van der Waals surface area contributed by atoms with Crippen molar-refractivity contribution in [2.75, 3.05) is 13.1 Å². The summed E-state index contributed by atoms with van der Waals surface area (Å²) in [5.74, 6) is 1.79. The second kappa shape index (κ2) is 3.87. The highest BCUT2D eigenvalue weighted by Gasteiger charge is 2.17. The van der Waals surface area contributed by atoms with Gasteiger partial charge in [-0.05, 0) is 44.5 Å². The van der Waals surface area contributed by atoms with E-state index < -0.39 is 0 Å². The third-order valence-corrected chi connectivity index (χ3v) is 3.30. The molecule has 0 radical (unpaired) electrons. The van der Waals surface area contributed by atoms with Crippen LogP contribution in [0.1, 0.15) is 12.2 Å². The molecule has 1 fully saturated rings. The van der Waals surface area contributed by atoms with E-state index >= 15 is 0 Å². The summed E-state index contributed by atoms with van der Waals surface area (Å²) >= 11 is 0. The molecule has 1 unspecified atom stereocenters. The van der Waals surface area contributed by atoms with Crippen LogP contribution in [-0.2, 0) is 6.54 Å². The van der Waals surface area contributed by atoms with Gasteiger partial charge in [-0.2, -0.15) is 0 Å². The first-order valence-electron chi connectivity index (χ1n) is 5.83. The van der Waals surface area contributed by atoms with E-state index in [4.69, 9.17) is 0 Å². The number of imidazole rings is 1. The molecule has 1 saturated heterocycles. The number of nitrogens with zero attached hydrogens (tertiary/aromatic N) is 3. The molecule has 0 amide bonds. The molecule has 0 bridgehead atoms. The number of aromatic nitrogens is 3. The zero-order valence-corrected chi connectivity index (χ0v) is 9.48. The monoisotopic (exact) mass is 216 g/mol. The highest BCUT2D eigenvalue weighted by molar-refractivity contribution is 5.71. The molecule has 2 aromatic rings. The van der Waals surface area contributed by atoms with Gasteiger partial charge in [0.15, 0.2) is 5.65 Å². The average molecular weight is 216 g/mol. The molecule has 4 nitrogen and oxygen atoms in total. The Morgan fingerprint density at radius 1 is 1.56 bits per heavy atom. The Kier molecular flexibility index (Phi) is 2.36. The van der Waals surface area contributed by atoms with Gasteiger partial charge in [-0.15, -0.1) is 0 Å². The maximum atomic E-state index is 4.54. The Bertz CT molecular complexity index is 497. The van der Waals surface area contributed by atoms with Gasteiger partial charge in [0.2, 0.25) is 0 Å². The van der Waals surface area contributed by atoms with Crippen LogP contribution in [0.2, 0.25) is 0 Å². The standard InChI is InChI=1S/C12H16N4/c1-9-15-11-3-2-5-14-12(11)16(9)8-10-4-6-13-7-10/h2-3,5,10,13H,4,6-8H2,1H3. The van der Waals surface area contributed by atoms with Gasteiger partial charge in [-0.3, -0.25) is 0 Å². The number of rotatable bonds is 2. The largest absolute Gasteiger partial charge is 0.316 e. The third-order valence-electron chi connectivity index (χ3n) is 3.30. The predicted molar refractivity (Wildman–Crippen MR) is 63.2 cm³/mol. The van der Waals surface area contributed by atoms with Gasteiger partial charge in [0.05, 0.1) is 0 Å². The van der Waals surface area contributed by atoms with Crippen molar-refractivity contribution in [2.45, 2.75) is 19.9 Å². The van der Waals surface area contributed by atoms with Crippen molar-refractivity contribution in [2.24, 2.45) is 5.92 Å². The van der Waals surface area contributed by atoms with Crippen molar-refractivity contribution < 1.29 is 0 Å². The molecule has 16 heavy (non-hydrogen) atoms. The van der Waals surface area contributed by atoms with Crippen molar-refractivity contribution in [3.8, 4) is 0 Å².